The smallest absolute Gasteiger partial charge is 0.242 e. The summed E-state index contributed by atoms with van der Waals surface area (Å²) >= 11 is 0. The Morgan fingerprint density at radius 3 is 2.47 bits per heavy atom. The zero-order valence-electron chi connectivity index (χ0n) is 21.2. The molecule has 9 nitrogen and oxygen atoms in total. The average Bonchev–Trinajstić information content (AvgIpc) is 3.29. The number of nitrogens with one attached hydrogen (secondary N) is 2. The van der Waals surface area contributed by atoms with Crippen molar-refractivity contribution < 1.29 is 9.59 Å². The molecule has 1 aliphatic rings. The van der Waals surface area contributed by atoms with Gasteiger partial charge in [0.15, 0.2) is 5.82 Å². The number of hydrogen-bond acceptors (Lipinski definition) is 6. The molecule has 2 aromatic heterocycles. The fraction of sp³-hybridized carbons (Fsp3) is 0.444. The molecule has 0 aliphatic carbocycles. The van der Waals surface area contributed by atoms with E-state index in [2.05, 4.69) is 20.5 Å². The second-order valence-electron chi connectivity index (χ2n) is 9.64. The molecule has 0 bridgehead atoms. The SMILES string of the molecule is CC(C)[C@@H]1NC(=O)[C@@H](C)NC(=O)CCCN(Cc2ccncc2)CCn2nc(-c3ccccc3)nc21. The monoisotopic (exact) mass is 489 g/mol. The van der Waals surface area contributed by atoms with Crippen LogP contribution in [0.4, 0.5) is 0 Å². The summed E-state index contributed by atoms with van der Waals surface area (Å²) in [6.07, 6.45) is 4.65. The number of rotatable bonds is 4. The largest absolute Gasteiger partial charge is 0.345 e. The van der Waals surface area contributed by atoms with E-state index in [0.29, 0.717) is 25.2 Å². The summed E-state index contributed by atoms with van der Waals surface area (Å²) in [6, 6.07) is 12.9. The molecule has 9 heteroatoms. The highest BCUT2D eigenvalue weighted by atomic mass is 16.2. The third kappa shape index (κ3) is 6.54. The Balaban J connectivity index is 1.68. The van der Waals surface area contributed by atoms with Crippen LogP contribution in [-0.2, 0) is 22.7 Å². The molecule has 0 saturated carbocycles. The second-order valence-corrected chi connectivity index (χ2v) is 9.64. The Labute approximate surface area is 212 Å². The number of carbonyl (C=O) groups is 2. The fourth-order valence-electron chi connectivity index (χ4n) is 4.36. The maximum atomic E-state index is 13.0. The first-order chi connectivity index (χ1) is 17.4. The Morgan fingerprint density at radius 1 is 1.00 bits per heavy atom. The predicted octanol–water partition coefficient (Wildman–Crippen LogP) is 2.95. The lowest BCUT2D eigenvalue weighted by atomic mass is 10.0. The number of aromatic nitrogens is 4. The Morgan fingerprint density at radius 2 is 1.75 bits per heavy atom. The van der Waals surface area contributed by atoms with Crippen molar-refractivity contribution in [1.82, 2.24) is 35.3 Å². The Kier molecular flexibility index (Phi) is 8.43. The lowest BCUT2D eigenvalue weighted by molar-refractivity contribution is -0.129. The van der Waals surface area contributed by atoms with Crippen molar-refractivity contribution in [2.24, 2.45) is 5.92 Å². The number of nitrogens with zero attached hydrogens (tertiary/aromatic N) is 5. The van der Waals surface area contributed by atoms with Crippen molar-refractivity contribution in [3.05, 3.63) is 66.2 Å². The van der Waals surface area contributed by atoms with Gasteiger partial charge >= 0.3 is 0 Å². The first kappa shape index (κ1) is 25.5. The molecular weight excluding hydrogens is 454 g/mol. The van der Waals surface area contributed by atoms with Crippen LogP contribution in [0.25, 0.3) is 11.4 Å². The predicted molar refractivity (Wildman–Crippen MR) is 138 cm³/mol. The zero-order chi connectivity index (χ0) is 25.5. The van der Waals surface area contributed by atoms with E-state index in [1.54, 1.807) is 19.3 Å². The summed E-state index contributed by atoms with van der Waals surface area (Å²) in [5, 5.41) is 10.8. The normalized spacial score (nSPS) is 20.3. The van der Waals surface area contributed by atoms with Crippen molar-refractivity contribution in [2.75, 3.05) is 13.1 Å². The van der Waals surface area contributed by atoms with Crippen LogP contribution in [0.3, 0.4) is 0 Å². The van der Waals surface area contributed by atoms with Gasteiger partial charge in [0.05, 0.1) is 12.6 Å². The standard InChI is InChI=1S/C27H35N7O2/c1-19(2)24-26-31-25(22-8-5-4-6-9-22)32-34(26)17-16-33(18-21-11-13-28-14-12-21)15-7-10-23(35)29-20(3)27(36)30-24/h4-6,8-9,11-14,19-20,24H,7,10,15-18H2,1-3H3,(H,29,35)(H,30,36)/t20-,24+/m1/s1. The van der Waals surface area contributed by atoms with E-state index in [1.807, 2.05) is 61.0 Å². The van der Waals surface area contributed by atoms with Gasteiger partial charge in [-0.3, -0.25) is 19.5 Å². The summed E-state index contributed by atoms with van der Waals surface area (Å²) < 4.78 is 1.93. The van der Waals surface area contributed by atoms with Crippen molar-refractivity contribution in [1.29, 1.82) is 0 Å². The van der Waals surface area contributed by atoms with E-state index in [4.69, 9.17) is 10.1 Å². The lowest BCUT2D eigenvalue weighted by Gasteiger charge is -2.27. The summed E-state index contributed by atoms with van der Waals surface area (Å²) in [4.78, 5) is 36.8. The minimum atomic E-state index is -0.639. The van der Waals surface area contributed by atoms with E-state index < -0.39 is 6.04 Å². The maximum absolute atomic E-state index is 13.0. The van der Waals surface area contributed by atoms with E-state index in [0.717, 1.165) is 31.0 Å². The van der Waals surface area contributed by atoms with Gasteiger partial charge in [-0.1, -0.05) is 44.2 Å². The lowest BCUT2D eigenvalue weighted by Crippen LogP contribution is -2.47. The van der Waals surface area contributed by atoms with Gasteiger partial charge in [-0.2, -0.15) is 5.10 Å². The minimum Gasteiger partial charge on any atom is -0.345 e. The molecule has 1 aromatic carbocycles. The Hall–Kier alpha value is -3.59. The molecule has 0 fully saturated rings. The quantitative estimate of drug-likeness (QED) is 0.584. The van der Waals surface area contributed by atoms with Crippen molar-refractivity contribution in [3.63, 3.8) is 0 Å². The van der Waals surface area contributed by atoms with Crippen LogP contribution in [0.5, 0.6) is 0 Å². The van der Waals surface area contributed by atoms with Gasteiger partial charge in [0.25, 0.3) is 0 Å². The van der Waals surface area contributed by atoms with E-state index in [-0.39, 0.29) is 23.8 Å². The van der Waals surface area contributed by atoms with Gasteiger partial charge in [-0.25, -0.2) is 9.67 Å². The number of amides is 2. The topological polar surface area (TPSA) is 105 Å². The molecule has 3 heterocycles. The number of fused-ring (bicyclic) bond motifs is 1. The maximum Gasteiger partial charge on any atom is 0.242 e. The van der Waals surface area contributed by atoms with Crippen molar-refractivity contribution in [3.8, 4) is 11.4 Å². The average molecular weight is 490 g/mol. The third-order valence-corrected chi connectivity index (χ3v) is 6.41. The van der Waals surface area contributed by atoms with E-state index in [1.165, 1.54) is 5.56 Å². The van der Waals surface area contributed by atoms with Crippen molar-refractivity contribution in [2.45, 2.75) is 58.8 Å². The molecule has 0 saturated heterocycles. The van der Waals surface area contributed by atoms with Gasteiger partial charge in [-0.05, 0) is 43.5 Å². The van der Waals surface area contributed by atoms with Crippen LogP contribution in [0, 0.1) is 5.92 Å². The number of carbonyl (C=O) groups excluding carboxylic acids is 2. The summed E-state index contributed by atoms with van der Waals surface area (Å²) in [5.74, 6) is 1.08. The van der Waals surface area contributed by atoms with Crippen LogP contribution in [0.2, 0.25) is 0 Å². The fourth-order valence-corrected chi connectivity index (χ4v) is 4.36. The first-order valence-electron chi connectivity index (χ1n) is 12.6. The molecule has 2 N–H and O–H groups in total. The summed E-state index contributed by atoms with van der Waals surface area (Å²) in [5.41, 5.74) is 2.10. The highest BCUT2D eigenvalue weighted by molar-refractivity contribution is 5.87. The van der Waals surface area contributed by atoms with Gasteiger partial charge in [-0.15, -0.1) is 0 Å². The third-order valence-electron chi connectivity index (χ3n) is 6.41. The van der Waals surface area contributed by atoms with Crippen molar-refractivity contribution >= 4 is 11.8 Å². The molecule has 2 atom stereocenters. The number of hydrogen-bond donors (Lipinski definition) is 2. The molecule has 3 aromatic rings. The van der Waals surface area contributed by atoms with E-state index in [9.17, 15) is 9.59 Å². The summed E-state index contributed by atoms with van der Waals surface area (Å²) in [7, 11) is 0. The Bertz CT molecular complexity index is 1150. The van der Waals surface area contributed by atoms with Gasteiger partial charge in [0, 0.05) is 37.5 Å². The highest BCUT2D eigenvalue weighted by Crippen LogP contribution is 2.24. The van der Waals surface area contributed by atoms with Gasteiger partial charge in [0.1, 0.15) is 11.9 Å². The molecule has 36 heavy (non-hydrogen) atoms. The van der Waals surface area contributed by atoms with Gasteiger partial charge in [0.2, 0.25) is 11.8 Å². The van der Waals surface area contributed by atoms with Crippen LogP contribution in [0.15, 0.2) is 54.9 Å². The van der Waals surface area contributed by atoms with Crippen LogP contribution in [0.1, 0.15) is 51.0 Å². The highest BCUT2D eigenvalue weighted by Gasteiger charge is 2.28. The molecule has 0 radical (unpaired) electrons. The van der Waals surface area contributed by atoms with Gasteiger partial charge < -0.3 is 10.6 Å². The number of benzene rings is 1. The molecule has 0 spiro atoms. The number of pyridine rings is 1. The molecular formula is C27H35N7O2. The molecule has 2 amide bonds. The zero-order valence-corrected chi connectivity index (χ0v) is 21.2. The molecule has 1 aliphatic heterocycles. The molecule has 4 rings (SSSR count). The van der Waals surface area contributed by atoms with Crippen LogP contribution in [-0.4, -0.2) is 55.6 Å². The second kappa shape index (κ2) is 11.9. The van der Waals surface area contributed by atoms with Crippen LogP contribution < -0.4 is 10.6 Å². The van der Waals surface area contributed by atoms with E-state index >= 15 is 0 Å². The first-order valence-corrected chi connectivity index (χ1v) is 12.6. The molecule has 0 unspecified atom stereocenters. The summed E-state index contributed by atoms with van der Waals surface area (Å²) in [6.45, 7) is 8.65. The minimum absolute atomic E-state index is 0.0734. The van der Waals surface area contributed by atoms with Crippen LogP contribution >= 0.6 is 0 Å². The molecule has 190 valence electrons.